The Morgan fingerprint density at radius 2 is 2.00 bits per heavy atom. The number of aromatic nitrogens is 1. The highest BCUT2D eigenvalue weighted by Crippen LogP contribution is 2.34. The summed E-state index contributed by atoms with van der Waals surface area (Å²) in [5.74, 6) is 0.963. The number of methoxy groups -OCH3 is 2. The zero-order chi connectivity index (χ0) is 15.5. The molecule has 0 bridgehead atoms. The Morgan fingerprint density at radius 3 is 2.73 bits per heavy atom. The van der Waals surface area contributed by atoms with Crippen LogP contribution in [0.25, 0.3) is 0 Å². The first-order chi connectivity index (χ1) is 10.7. The number of anilines is 2. The van der Waals surface area contributed by atoms with Gasteiger partial charge in [0.15, 0.2) is 0 Å². The van der Waals surface area contributed by atoms with Gasteiger partial charge in [-0.05, 0) is 42.7 Å². The van der Waals surface area contributed by atoms with E-state index in [2.05, 4.69) is 17.0 Å². The number of halogens is 1. The molecule has 1 aromatic heterocycles. The number of hydrogen-bond donors (Lipinski definition) is 0. The smallest absolute Gasteiger partial charge is 0.200 e. The maximum Gasteiger partial charge on any atom is 0.200 e. The maximum atomic E-state index is 6.13. The Morgan fingerprint density at radius 1 is 1.18 bits per heavy atom. The van der Waals surface area contributed by atoms with E-state index in [1.54, 1.807) is 14.2 Å². The quantitative estimate of drug-likeness (QED) is 0.795. The van der Waals surface area contributed by atoms with Gasteiger partial charge in [0.1, 0.15) is 5.82 Å². The van der Waals surface area contributed by atoms with Crippen LogP contribution in [0.15, 0.2) is 36.4 Å². The van der Waals surface area contributed by atoms with Gasteiger partial charge in [0, 0.05) is 31.5 Å². The summed E-state index contributed by atoms with van der Waals surface area (Å²) in [6.07, 6.45) is 1.68. The van der Waals surface area contributed by atoms with E-state index >= 15 is 0 Å². The summed E-state index contributed by atoms with van der Waals surface area (Å²) in [4.78, 5) is 6.98. The molecule has 3 rings (SSSR count). The molecule has 22 heavy (non-hydrogen) atoms. The minimum atomic E-state index is -0.451. The van der Waals surface area contributed by atoms with Crippen LogP contribution < -0.4 is 4.90 Å². The van der Waals surface area contributed by atoms with Crippen LogP contribution in [-0.4, -0.2) is 25.7 Å². The zero-order valence-corrected chi connectivity index (χ0v) is 13.5. The third-order valence-electron chi connectivity index (χ3n) is 3.85. The molecule has 0 saturated carbocycles. The standard InChI is InChI=1S/C17H19ClN2O2/c1-21-17(22-2)15-9-8-12-5-4-10-20(16(12)19-15)14-7-3-6-13(18)11-14/h3,6-9,11,17H,4-5,10H2,1-2H3. The van der Waals surface area contributed by atoms with Crippen LogP contribution in [0.3, 0.4) is 0 Å². The van der Waals surface area contributed by atoms with Crippen LogP contribution in [0.5, 0.6) is 0 Å². The second kappa shape index (κ2) is 6.65. The molecule has 0 N–H and O–H groups in total. The molecule has 0 saturated heterocycles. The SMILES string of the molecule is COC(OC)c1ccc2c(n1)N(c1cccc(Cl)c1)CCC2. The molecule has 1 aliphatic heterocycles. The van der Waals surface area contributed by atoms with Crippen molar-refractivity contribution in [3.63, 3.8) is 0 Å². The van der Waals surface area contributed by atoms with Crippen LogP contribution in [0, 0.1) is 0 Å². The maximum absolute atomic E-state index is 6.13. The van der Waals surface area contributed by atoms with Gasteiger partial charge in [-0.25, -0.2) is 4.98 Å². The summed E-state index contributed by atoms with van der Waals surface area (Å²) < 4.78 is 10.6. The van der Waals surface area contributed by atoms with Crippen molar-refractivity contribution in [3.05, 3.63) is 52.7 Å². The molecule has 0 radical (unpaired) electrons. The summed E-state index contributed by atoms with van der Waals surface area (Å²) in [6.45, 7) is 0.925. The Bertz CT molecular complexity index is 659. The van der Waals surface area contributed by atoms with Crippen LogP contribution in [0.4, 0.5) is 11.5 Å². The predicted octanol–water partition coefficient (Wildman–Crippen LogP) is 4.11. The summed E-state index contributed by atoms with van der Waals surface area (Å²) in [6, 6.07) is 11.9. The van der Waals surface area contributed by atoms with Gasteiger partial charge in [-0.3, -0.25) is 0 Å². The third kappa shape index (κ3) is 2.95. The largest absolute Gasteiger partial charge is 0.350 e. The first kappa shape index (κ1) is 15.3. The van der Waals surface area contributed by atoms with Gasteiger partial charge in [-0.2, -0.15) is 0 Å². The number of fused-ring (bicyclic) bond motifs is 1. The molecule has 0 fully saturated rings. The Hall–Kier alpha value is -1.62. The predicted molar refractivity (Wildman–Crippen MR) is 87.8 cm³/mol. The lowest BCUT2D eigenvalue weighted by Gasteiger charge is -2.31. The van der Waals surface area contributed by atoms with Crippen LogP contribution in [-0.2, 0) is 15.9 Å². The molecule has 116 valence electrons. The van der Waals surface area contributed by atoms with Crippen molar-refractivity contribution in [2.45, 2.75) is 19.1 Å². The number of nitrogens with zero attached hydrogens (tertiary/aromatic N) is 2. The number of benzene rings is 1. The van der Waals surface area contributed by atoms with Crippen molar-refractivity contribution >= 4 is 23.1 Å². The molecular formula is C17H19ClN2O2. The lowest BCUT2D eigenvalue weighted by molar-refractivity contribution is -0.108. The van der Waals surface area contributed by atoms with Gasteiger partial charge in [0.05, 0.1) is 5.69 Å². The number of ether oxygens (including phenoxy) is 2. The van der Waals surface area contributed by atoms with Crippen molar-refractivity contribution in [1.82, 2.24) is 4.98 Å². The minimum Gasteiger partial charge on any atom is -0.350 e. The highest BCUT2D eigenvalue weighted by Gasteiger charge is 2.22. The minimum absolute atomic E-state index is 0.451. The van der Waals surface area contributed by atoms with Crippen LogP contribution >= 0.6 is 11.6 Å². The summed E-state index contributed by atoms with van der Waals surface area (Å²) >= 11 is 6.13. The second-order valence-electron chi connectivity index (χ2n) is 5.26. The Kier molecular flexibility index (Phi) is 4.62. The van der Waals surface area contributed by atoms with E-state index in [1.807, 2.05) is 24.3 Å². The molecule has 0 amide bonds. The Labute approximate surface area is 135 Å². The van der Waals surface area contributed by atoms with Crippen LogP contribution in [0.1, 0.15) is 24.0 Å². The molecule has 0 aliphatic carbocycles. The van der Waals surface area contributed by atoms with Gasteiger partial charge in [-0.1, -0.05) is 23.7 Å². The molecule has 0 spiro atoms. The van der Waals surface area contributed by atoms with E-state index in [1.165, 1.54) is 5.56 Å². The van der Waals surface area contributed by atoms with Gasteiger partial charge >= 0.3 is 0 Å². The first-order valence-corrected chi connectivity index (χ1v) is 7.69. The molecule has 1 aliphatic rings. The topological polar surface area (TPSA) is 34.6 Å². The normalized spacial score (nSPS) is 14.3. The van der Waals surface area contributed by atoms with E-state index in [0.29, 0.717) is 0 Å². The molecule has 2 aromatic rings. The van der Waals surface area contributed by atoms with Crippen molar-refractivity contribution in [3.8, 4) is 0 Å². The van der Waals surface area contributed by atoms with Gasteiger partial charge in [0.25, 0.3) is 0 Å². The molecule has 0 unspecified atom stereocenters. The zero-order valence-electron chi connectivity index (χ0n) is 12.8. The monoisotopic (exact) mass is 318 g/mol. The molecule has 4 nitrogen and oxygen atoms in total. The van der Waals surface area contributed by atoms with Crippen molar-refractivity contribution in [2.24, 2.45) is 0 Å². The van der Waals surface area contributed by atoms with Gasteiger partial charge in [0.2, 0.25) is 6.29 Å². The fraction of sp³-hybridized carbons (Fsp3) is 0.353. The van der Waals surface area contributed by atoms with Crippen LogP contribution in [0.2, 0.25) is 5.02 Å². The second-order valence-corrected chi connectivity index (χ2v) is 5.69. The fourth-order valence-electron chi connectivity index (χ4n) is 2.82. The number of rotatable bonds is 4. The summed E-state index contributed by atoms with van der Waals surface area (Å²) in [5, 5.41) is 0.729. The molecule has 1 aromatic carbocycles. The summed E-state index contributed by atoms with van der Waals surface area (Å²) in [7, 11) is 3.23. The lowest BCUT2D eigenvalue weighted by atomic mass is 10.0. The van der Waals surface area contributed by atoms with E-state index in [-0.39, 0.29) is 0 Å². The van der Waals surface area contributed by atoms with Gasteiger partial charge in [-0.15, -0.1) is 0 Å². The number of pyridine rings is 1. The highest BCUT2D eigenvalue weighted by atomic mass is 35.5. The van der Waals surface area contributed by atoms with E-state index < -0.39 is 6.29 Å². The van der Waals surface area contributed by atoms with E-state index in [0.717, 1.165) is 41.6 Å². The average Bonchev–Trinajstić information content (AvgIpc) is 2.55. The third-order valence-corrected chi connectivity index (χ3v) is 4.09. The van der Waals surface area contributed by atoms with E-state index in [4.69, 9.17) is 26.1 Å². The molecular weight excluding hydrogens is 300 g/mol. The average molecular weight is 319 g/mol. The molecule has 0 atom stereocenters. The molecule has 2 heterocycles. The lowest BCUT2D eigenvalue weighted by Crippen LogP contribution is -2.26. The molecule has 5 heteroatoms. The first-order valence-electron chi connectivity index (χ1n) is 7.31. The Balaban J connectivity index is 2.02. The van der Waals surface area contributed by atoms with E-state index in [9.17, 15) is 0 Å². The van der Waals surface area contributed by atoms with Crippen molar-refractivity contribution in [1.29, 1.82) is 0 Å². The highest BCUT2D eigenvalue weighted by molar-refractivity contribution is 6.30. The number of aryl methyl sites for hydroxylation is 1. The van der Waals surface area contributed by atoms with Crippen molar-refractivity contribution < 1.29 is 9.47 Å². The number of hydrogen-bond acceptors (Lipinski definition) is 4. The fourth-order valence-corrected chi connectivity index (χ4v) is 3.00. The summed E-state index contributed by atoms with van der Waals surface area (Å²) in [5.41, 5.74) is 3.07. The van der Waals surface area contributed by atoms with Gasteiger partial charge < -0.3 is 14.4 Å². The van der Waals surface area contributed by atoms with Crippen molar-refractivity contribution in [2.75, 3.05) is 25.7 Å².